The molecule has 3 nitrogen and oxygen atoms in total. The molecule has 0 amide bonds. The zero-order valence-corrected chi connectivity index (χ0v) is 15.3. The summed E-state index contributed by atoms with van der Waals surface area (Å²) in [6, 6.07) is 12.8. The molecule has 0 saturated heterocycles. The van der Waals surface area contributed by atoms with Crippen LogP contribution in [0.15, 0.2) is 53.5 Å². The first-order valence-electron chi connectivity index (χ1n) is 8.64. The molecule has 0 fully saturated rings. The molecule has 0 bridgehead atoms. The van der Waals surface area contributed by atoms with Crippen molar-refractivity contribution in [1.82, 2.24) is 4.98 Å². The standard InChI is InChI=1S/C22H25NO2/c1-14-5-15(2)8-18(7-14)11-21(24)22(20-12-25-13-23-20)19-9-16(3)6-17(4)10-19/h5-10,12-13,21-22,24H,11H2,1-4H3. The Labute approximate surface area is 149 Å². The van der Waals surface area contributed by atoms with Gasteiger partial charge < -0.3 is 9.52 Å². The number of hydrogen-bond donors (Lipinski definition) is 1. The van der Waals surface area contributed by atoms with Crippen LogP contribution in [0, 0.1) is 27.7 Å². The van der Waals surface area contributed by atoms with Gasteiger partial charge in [0.25, 0.3) is 0 Å². The van der Waals surface area contributed by atoms with Crippen LogP contribution in [0.25, 0.3) is 0 Å². The maximum Gasteiger partial charge on any atom is 0.180 e. The van der Waals surface area contributed by atoms with E-state index in [0.717, 1.165) is 16.8 Å². The Morgan fingerprint density at radius 1 is 0.880 bits per heavy atom. The van der Waals surface area contributed by atoms with E-state index in [4.69, 9.17) is 4.42 Å². The van der Waals surface area contributed by atoms with Gasteiger partial charge in [-0.1, -0.05) is 58.7 Å². The summed E-state index contributed by atoms with van der Waals surface area (Å²) in [5.74, 6) is -0.210. The van der Waals surface area contributed by atoms with Crippen molar-refractivity contribution in [2.75, 3.05) is 0 Å². The summed E-state index contributed by atoms with van der Waals surface area (Å²) in [5, 5.41) is 11.1. The molecule has 0 spiro atoms. The van der Waals surface area contributed by atoms with Crippen LogP contribution in [0.3, 0.4) is 0 Å². The van der Waals surface area contributed by atoms with E-state index in [1.54, 1.807) is 6.26 Å². The van der Waals surface area contributed by atoms with Crippen molar-refractivity contribution in [2.45, 2.75) is 46.1 Å². The summed E-state index contributed by atoms with van der Waals surface area (Å²) < 4.78 is 5.19. The molecule has 0 saturated carbocycles. The third kappa shape index (κ3) is 4.18. The molecular weight excluding hydrogens is 310 g/mol. The summed E-state index contributed by atoms with van der Waals surface area (Å²) in [5.41, 5.74) is 7.77. The Morgan fingerprint density at radius 3 is 1.96 bits per heavy atom. The molecule has 2 aromatic carbocycles. The van der Waals surface area contributed by atoms with E-state index >= 15 is 0 Å². The molecule has 3 aromatic rings. The van der Waals surface area contributed by atoms with E-state index in [-0.39, 0.29) is 5.92 Å². The Hall–Kier alpha value is -2.39. The van der Waals surface area contributed by atoms with Crippen LogP contribution in [-0.4, -0.2) is 16.2 Å². The average molecular weight is 335 g/mol. The van der Waals surface area contributed by atoms with Gasteiger partial charge in [0, 0.05) is 0 Å². The topological polar surface area (TPSA) is 46.3 Å². The molecular formula is C22H25NO2. The van der Waals surface area contributed by atoms with Crippen LogP contribution in [0.4, 0.5) is 0 Å². The first kappa shape index (κ1) is 17.4. The van der Waals surface area contributed by atoms with Crippen molar-refractivity contribution in [3.8, 4) is 0 Å². The highest BCUT2D eigenvalue weighted by Gasteiger charge is 2.26. The summed E-state index contributed by atoms with van der Waals surface area (Å²) in [7, 11) is 0. The van der Waals surface area contributed by atoms with Gasteiger partial charge >= 0.3 is 0 Å². The van der Waals surface area contributed by atoms with E-state index in [1.807, 2.05) is 0 Å². The van der Waals surface area contributed by atoms with Crippen LogP contribution in [-0.2, 0) is 6.42 Å². The number of rotatable bonds is 5. The number of aliphatic hydroxyl groups is 1. The molecule has 2 atom stereocenters. The highest BCUT2D eigenvalue weighted by atomic mass is 16.3. The Bertz CT molecular complexity index is 812. The molecule has 3 heteroatoms. The number of aromatic nitrogens is 1. The number of hydrogen-bond acceptors (Lipinski definition) is 3. The Balaban J connectivity index is 1.96. The van der Waals surface area contributed by atoms with Crippen molar-refractivity contribution in [3.63, 3.8) is 0 Å². The lowest BCUT2D eigenvalue weighted by Crippen LogP contribution is -2.23. The van der Waals surface area contributed by atoms with Gasteiger partial charge in [-0.15, -0.1) is 0 Å². The minimum atomic E-state index is -0.576. The molecule has 3 rings (SSSR count). The largest absolute Gasteiger partial charge is 0.451 e. The molecule has 25 heavy (non-hydrogen) atoms. The molecule has 0 radical (unpaired) electrons. The fraction of sp³-hybridized carbons (Fsp3) is 0.318. The maximum atomic E-state index is 11.1. The quantitative estimate of drug-likeness (QED) is 0.738. The van der Waals surface area contributed by atoms with Gasteiger partial charge in [-0.05, 0) is 45.2 Å². The van der Waals surface area contributed by atoms with Gasteiger partial charge in [-0.25, -0.2) is 4.98 Å². The first-order valence-corrected chi connectivity index (χ1v) is 8.64. The second-order valence-corrected chi connectivity index (χ2v) is 7.08. The number of nitrogens with zero attached hydrogens (tertiary/aromatic N) is 1. The van der Waals surface area contributed by atoms with Gasteiger partial charge in [0.05, 0.1) is 17.7 Å². The zero-order chi connectivity index (χ0) is 18.0. The number of aliphatic hydroxyl groups excluding tert-OH is 1. The van der Waals surface area contributed by atoms with E-state index < -0.39 is 6.10 Å². The number of benzene rings is 2. The van der Waals surface area contributed by atoms with Gasteiger partial charge in [-0.2, -0.15) is 0 Å². The maximum absolute atomic E-state index is 11.1. The van der Waals surface area contributed by atoms with Gasteiger partial charge in [0.2, 0.25) is 0 Å². The number of aryl methyl sites for hydroxylation is 4. The summed E-state index contributed by atoms with van der Waals surface area (Å²) >= 11 is 0. The molecule has 2 unspecified atom stereocenters. The van der Waals surface area contributed by atoms with Crippen LogP contribution in [0.5, 0.6) is 0 Å². The lowest BCUT2D eigenvalue weighted by atomic mass is 9.85. The fourth-order valence-corrected chi connectivity index (χ4v) is 3.70. The monoisotopic (exact) mass is 335 g/mol. The third-order valence-corrected chi connectivity index (χ3v) is 4.48. The summed E-state index contributed by atoms with van der Waals surface area (Å²) in [6.07, 6.45) is 3.06. The van der Waals surface area contributed by atoms with Gasteiger partial charge in [0.1, 0.15) is 6.26 Å². The first-order chi connectivity index (χ1) is 11.9. The zero-order valence-electron chi connectivity index (χ0n) is 15.3. The predicted molar refractivity (Wildman–Crippen MR) is 99.9 cm³/mol. The van der Waals surface area contributed by atoms with Gasteiger partial charge in [0.15, 0.2) is 6.39 Å². The highest BCUT2D eigenvalue weighted by Crippen LogP contribution is 2.30. The molecule has 130 valence electrons. The summed E-state index contributed by atoms with van der Waals surface area (Å²) in [6.45, 7) is 8.32. The van der Waals surface area contributed by atoms with Crippen molar-refractivity contribution >= 4 is 0 Å². The Kier molecular flexibility index (Phi) is 5.05. The molecule has 0 aliphatic carbocycles. The van der Waals surface area contributed by atoms with Crippen LogP contribution in [0.1, 0.15) is 45.0 Å². The molecule has 1 N–H and O–H groups in total. The number of oxazole rings is 1. The molecule has 0 aliphatic rings. The fourth-order valence-electron chi connectivity index (χ4n) is 3.70. The molecule has 1 aromatic heterocycles. The Morgan fingerprint density at radius 2 is 1.44 bits per heavy atom. The predicted octanol–water partition coefficient (Wildman–Crippen LogP) is 4.64. The lowest BCUT2D eigenvalue weighted by molar-refractivity contribution is 0.155. The smallest absolute Gasteiger partial charge is 0.180 e. The van der Waals surface area contributed by atoms with Crippen molar-refractivity contribution in [3.05, 3.63) is 88.1 Å². The van der Waals surface area contributed by atoms with Gasteiger partial charge in [-0.3, -0.25) is 0 Å². The molecule has 0 aliphatic heterocycles. The van der Waals surface area contributed by atoms with E-state index in [0.29, 0.717) is 6.42 Å². The van der Waals surface area contributed by atoms with Crippen molar-refractivity contribution in [1.29, 1.82) is 0 Å². The van der Waals surface area contributed by atoms with Crippen LogP contribution < -0.4 is 0 Å². The highest BCUT2D eigenvalue weighted by molar-refractivity contribution is 5.37. The minimum absolute atomic E-state index is 0.210. The molecule has 1 heterocycles. The summed E-state index contributed by atoms with van der Waals surface area (Å²) in [4.78, 5) is 4.32. The average Bonchev–Trinajstić information content (AvgIpc) is 2.99. The van der Waals surface area contributed by atoms with Crippen molar-refractivity contribution < 1.29 is 9.52 Å². The normalized spacial score (nSPS) is 13.6. The second kappa shape index (κ2) is 7.24. The van der Waals surface area contributed by atoms with Crippen LogP contribution in [0.2, 0.25) is 0 Å². The van der Waals surface area contributed by atoms with Crippen LogP contribution >= 0.6 is 0 Å². The van der Waals surface area contributed by atoms with Crippen molar-refractivity contribution in [2.24, 2.45) is 0 Å². The van der Waals surface area contributed by atoms with E-state index in [1.165, 1.54) is 28.6 Å². The lowest BCUT2D eigenvalue weighted by Gasteiger charge is -2.23. The SMILES string of the molecule is Cc1cc(C)cc(CC(O)C(c2cc(C)cc(C)c2)c2cocn2)c1. The third-order valence-electron chi connectivity index (χ3n) is 4.48. The minimum Gasteiger partial charge on any atom is -0.451 e. The van der Waals surface area contributed by atoms with E-state index in [2.05, 4.69) is 69.1 Å². The van der Waals surface area contributed by atoms with E-state index in [9.17, 15) is 5.11 Å². The second-order valence-electron chi connectivity index (χ2n) is 7.08.